The molecule has 0 fully saturated rings. The Balaban J connectivity index is 2.38. The Labute approximate surface area is 173 Å². The number of hydrogen-bond donors (Lipinski definition) is 1. The van der Waals surface area contributed by atoms with Crippen molar-refractivity contribution in [2.24, 2.45) is 0 Å². The van der Waals surface area contributed by atoms with E-state index in [9.17, 15) is 17.6 Å². The number of rotatable bonds is 15. The summed E-state index contributed by atoms with van der Waals surface area (Å²) in [6.07, 6.45) is 3.62. The molecule has 1 aromatic rings. The van der Waals surface area contributed by atoms with E-state index in [-0.39, 0.29) is 42.3 Å². The van der Waals surface area contributed by atoms with Crippen LogP contribution < -0.4 is 10.1 Å². The predicted octanol–water partition coefficient (Wildman–Crippen LogP) is 3.23. The van der Waals surface area contributed by atoms with Crippen molar-refractivity contribution in [1.29, 1.82) is 0 Å². The fourth-order valence-electron chi connectivity index (χ4n) is 2.80. The van der Waals surface area contributed by atoms with Crippen molar-refractivity contribution < 1.29 is 27.1 Å². The summed E-state index contributed by atoms with van der Waals surface area (Å²) in [6, 6.07) is 4.43. The van der Waals surface area contributed by atoms with Crippen LogP contribution in [-0.2, 0) is 19.4 Å². The molecule has 0 aliphatic heterocycles. The molecule has 1 N–H and O–H groups in total. The Kier molecular flexibility index (Phi) is 11.5. The third kappa shape index (κ3) is 10.4. The first-order valence-corrected chi connectivity index (χ1v) is 11.7. The molecule has 0 aliphatic carbocycles. The zero-order valence-electron chi connectivity index (χ0n) is 17.3. The van der Waals surface area contributed by atoms with E-state index in [1.54, 1.807) is 26.0 Å². The maximum atomic E-state index is 13.8. The summed E-state index contributed by atoms with van der Waals surface area (Å²) in [5, 5.41) is 2.97. The van der Waals surface area contributed by atoms with Gasteiger partial charge in [0.05, 0.1) is 24.7 Å². The average molecular weight is 430 g/mol. The normalized spacial score (nSPS) is 12.4. The highest BCUT2D eigenvalue weighted by Crippen LogP contribution is 2.25. The van der Waals surface area contributed by atoms with Gasteiger partial charge in [0.15, 0.2) is 21.4 Å². The SMILES string of the molecule is C=CCOc1cc([C@H](C)CS(=O)(=O)CCCCCNCC(=O)OCC)ccc1F. The van der Waals surface area contributed by atoms with Gasteiger partial charge in [0.1, 0.15) is 6.61 Å². The fraction of sp³-hybridized carbons (Fsp3) is 0.571. The van der Waals surface area contributed by atoms with Gasteiger partial charge in [-0.1, -0.05) is 32.1 Å². The summed E-state index contributed by atoms with van der Waals surface area (Å²) in [5.41, 5.74) is 0.720. The number of nitrogens with one attached hydrogen (secondary N) is 1. The standard InChI is InChI=1S/C21H32FNO5S/c1-4-12-28-20-14-18(9-10-19(20)22)17(3)16-29(25,26)13-8-6-7-11-23-15-21(24)27-5-2/h4,9-10,14,17,23H,1,5-8,11-13,15-16H2,2-3H3/t17-/m1/s1. The van der Waals surface area contributed by atoms with Crippen molar-refractivity contribution in [3.63, 3.8) is 0 Å². The van der Waals surface area contributed by atoms with E-state index < -0.39 is 15.7 Å². The second-order valence-corrected chi connectivity index (χ2v) is 9.08. The first-order chi connectivity index (χ1) is 13.8. The molecule has 0 saturated heterocycles. The Hall–Kier alpha value is -1.93. The lowest BCUT2D eigenvalue weighted by Gasteiger charge is -2.14. The van der Waals surface area contributed by atoms with Crippen molar-refractivity contribution in [2.45, 2.75) is 39.0 Å². The van der Waals surface area contributed by atoms with E-state index in [1.807, 2.05) is 0 Å². The number of carbonyl (C=O) groups excluding carboxylic acids is 1. The van der Waals surface area contributed by atoms with Gasteiger partial charge >= 0.3 is 5.97 Å². The number of benzene rings is 1. The van der Waals surface area contributed by atoms with Crippen LogP contribution in [0.25, 0.3) is 0 Å². The lowest BCUT2D eigenvalue weighted by Crippen LogP contribution is -2.25. The Morgan fingerprint density at radius 1 is 1.31 bits per heavy atom. The predicted molar refractivity (Wildman–Crippen MR) is 113 cm³/mol. The van der Waals surface area contributed by atoms with Crippen LogP contribution in [0.5, 0.6) is 5.75 Å². The second-order valence-electron chi connectivity index (χ2n) is 6.85. The van der Waals surface area contributed by atoms with Crippen LogP contribution in [0.1, 0.15) is 44.6 Å². The van der Waals surface area contributed by atoms with Crippen molar-refractivity contribution in [3.8, 4) is 5.75 Å². The summed E-state index contributed by atoms with van der Waals surface area (Å²) < 4.78 is 48.6. The smallest absolute Gasteiger partial charge is 0.319 e. The molecule has 0 spiro atoms. The summed E-state index contributed by atoms with van der Waals surface area (Å²) in [6.45, 7) is 8.43. The van der Waals surface area contributed by atoms with Crippen LogP contribution in [-0.4, -0.2) is 52.2 Å². The molecule has 0 heterocycles. The van der Waals surface area contributed by atoms with Gasteiger partial charge in [-0.2, -0.15) is 0 Å². The van der Waals surface area contributed by atoms with E-state index in [2.05, 4.69) is 11.9 Å². The van der Waals surface area contributed by atoms with E-state index in [0.717, 1.165) is 18.4 Å². The molecule has 29 heavy (non-hydrogen) atoms. The zero-order chi connectivity index (χ0) is 21.7. The summed E-state index contributed by atoms with van der Waals surface area (Å²) >= 11 is 0. The Morgan fingerprint density at radius 2 is 2.07 bits per heavy atom. The summed E-state index contributed by atoms with van der Waals surface area (Å²) in [4.78, 5) is 11.2. The van der Waals surface area contributed by atoms with Gasteiger partial charge in [-0.15, -0.1) is 0 Å². The minimum Gasteiger partial charge on any atom is -0.486 e. The number of carbonyl (C=O) groups is 1. The molecule has 1 atom stereocenters. The van der Waals surface area contributed by atoms with Crippen LogP contribution in [0, 0.1) is 5.82 Å². The molecular formula is C21H32FNO5S. The van der Waals surface area contributed by atoms with Crippen LogP contribution in [0.3, 0.4) is 0 Å². The highest BCUT2D eigenvalue weighted by atomic mass is 32.2. The van der Waals surface area contributed by atoms with E-state index >= 15 is 0 Å². The molecule has 1 rings (SSSR count). The number of halogens is 1. The molecule has 0 saturated carbocycles. The summed E-state index contributed by atoms with van der Waals surface area (Å²) in [7, 11) is -3.23. The van der Waals surface area contributed by atoms with Gasteiger partial charge < -0.3 is 14.8 Å². The van der Waals surface area contributed by atoms with Gasteiger partial charge in [-0.3, -0.25) is 4.79 Å². The van der Waals surface area contributed by atoms with E-state index in [4.69, 9.17) is 9.47 Å². The zero-order valence-corrected chi connectivity index (χ0v) is 18.1. The number of sulfone groups is 1. The monoisotopic (exact) mass is 429 g/mol. The fourth-order valence-corrected chi connectivity index (χ4v) is 4.56. The van der Waals surface area contributed by atoms with Crippen molar-refractivity contribution in [3.05, 3.63) is 42.2 Å². The van der Waals surface area contributed by atoms with Gasteiger partial charge in [-0.05, 0) is 49.9 Å². The van der Waals surface area contributed by atoms with Crippen molar-refractivity contribution in [2.75, 3.05) is 37.8 Å². The molecule has 0 radical (unpaired) electrons. The van der Waals surface area contributed by atoms with Gasteiger partial charge in [0.2, 0.25) is 0 Å². The Bertz CT molecular complexity index is 751. The third-order valence-electron chi connectivity index (χ3n) is 4.27. The number of ether oxygens (including phenoxy) is 2. The molecule has 164 valence electrons. The minimum absolute atomic E-state index is 0.000634. The first-order valence-electron chi connectivity index (χ1n) is 9.89. The quantitative estimate of drug-likeness (QED) is 0.262. The lowest BCUT2D eigenvalue weighted by atomic mass is 10.0. The van der Waals surface area contributed by atoms with E-state index in [1.165, 1.54) is 12.1 Å². The molecule has 0 unspecified atom stereocenters. The van der Waals surface area contributed by atoms with Crippen LogP contribution in [0.2, 0.25) is 0 Å². The largest absolute Gasteiger partial charge is 0.486 e. The van der Waals surface area contributed by atoms with Crippen molar-refractivity contribution in [1.82, 2.24) is 5.32 Å². The molecule has 0 aliphatic rings. The second kappa shape index (κ2) is 13.3. The molecule has 6 nitrogen and oxygen atoms in total. The average Bonchev–Trinajstić information content (AvgIpc) is 2.66. The molecule has 0 amide bonds. The number of esters is 1. The Morgan fingerprint density at radius 3 is 2.76 bits per heavy atom. The third-order valence-corrected chi connectivity index (χ3v) is 6.19. The molecule has 0 bridgehead atoms. The number of unbranched alkanes of at least 4 members (excludes halogenated alkanes) is 2. The molecular weight excluding hydrogens is 397 g/mol. The highest BCUT2D eigenvalue weighted by Gasteiger charge is 2.18. The number of hydrogen-bond acceptors (Lipinski definition) is 6. The maximum absolute atomic E-state index is 13.8. The first kappa shape index (κ1) is 25.1. The van der Waals surface area contributed by atoms with E-state index in [0.29, 0.717) is 19.6 Å². The van der Waals surface area contributed by atoms with Gasteiger partial charge in [0, 0.05) is 0 Å². The topological polar surface area (TPSA) is 81.7 Å². The van der Waals surface area contributed by atoms with Crippen LogP contribution in [0.4, 0.5) is 4.39 Å². The minimum atomic E-state index is -3.23. The van der Waals surface area contributed by atoms with Crippen LogP contribution in [0.15, 0.2) is 30.9 Å². The molecule has 8 heteroatoms. The maximum Gasteiger partial charge on any atom is 0.319 e. The lowest BCUT2D eigenvalue weighted by molar-refractivity contribution is -0.141. The van der Waals surface area contributed by atoms with Crippen LogP contribution >= 0.6 is 0 Å². The molecule has 1 aromatic carbocycles. The summed E-state index contributed by atoms with van der Waals surface area (Å²) in [5.74, 6) is -0.832. The van der Waals surface area contributed by atoms with Crippen molar-refractivity contribution >= 4 is 15.8 Å². The highest BCUT2D eigenvalue weighted by molar-refractivity contribution is 7.91. The van der Waals surface area contributed by atoms with Gasteiger partial charge in [0.25, 0.3) is 0 Å². The van der Waals surface area contributed by atoms with Gasteiger partial charge in [-0.25, -0.2) is 12.8 Å². The molecule has 0 aromatic heterocycles.